The highest BCUT2D eigenvalue weighted by Crippen LogP contribution is 2.39. The molecule has 8 nitrogen and oxygen atoms in total. The van der Waals surface area contributed by atoms with E-state index in [2.05, 4.69) is 9.97 Å². The Bertz CT molecular complexity index is 1710. The van der Waals surface area contributed by atoms with Gasteiger partial charge in [0.25, 0.3) is 26.5 Å². The van der Waals surface area contributed by atoms with E-state index in [0.717, 1.165) is 27.7 Å². The first-order valence-corrected chi connectivity index (χ1v) is 13.3. The first-order chi connectivity index (χ1) is 16.2. The number of thiophene rings is 1. The summed E-state index contributed by atoms with van der Waals surface area (Å²) in [5, 5.41) is 0.158. The molecule has 0 aliphatic heterocycles. The lowest BCUT2D eigenvalue weighted by atomic mass is 10.1. The molecule has 5 rings (SSSR count). The minimum Gasteiger partial charge on any atom is -0.244 e. The monoisotopic (exact) mass is 520 g/mol. The van der Waals surface area contributed by atoms with Crippen LogP contribution in [0.2, 0.25) is 0 Å². The third-order valence-corrected chi connectivity index (χ3v) is 9.99. The molecule has 0 aliphatic carbocycles. The van der Waals surface area contributed by atoms with E-state index in [1.807, 2.05) is 0 Å². The molecule has 0 saturated carbocycles. The summed E-state index contributed by atoms with van der Waals surface area (Å²) in [6.07, 6.45) is 1.99. The van der Waals surface area contributed by atoms with Crippen LogP contribution >= 0.6 is 11.3 Å². The van der Waals surface area contributed by atoms with Crippen molar-refractivity contribution in [3.8, 4) is 10.4 Å². The van der Waals surface area contributed by atoms with Crippen molar-refractivity contribution in [2.24, 2.45) is 0 Å². The molecule has 0 atom stereocenters. The van der Waals surface area contributed by atoms with Crippen LogP contribution in [0.1, 0.15) is 12.1 Å². The lowest BCUT2D eigenvalue weighted by Gasteiger charge is -2.11. The third-order valence-electron chi connectivity index (χ3n) is 5.05. The molecule has 1 aromatic carbocycles. The Hall–Kier alpha value is -3.42. The lowest BCUT2D eigenvalue weighted by Crippen LogP contribution is -2.16. The van der Waals surface area contributed by atoms with Crippen LogP contribution in [-0.2, 0) is 20.0 Å². The quantitative estimate of drug-likeness (QED) is 0.329. The molecular formula is C21H14F2N4O4S3. The topological polar surface area (TPSA) is 104 Å². The van der Waals surface area contributed by atoms with E-state index >= 15 is 0 Å². The Balaban J connectivity index is 1.71. The summed E-state index contributed by atoms with van der Waals surface area (Å²) < 4.78 is 81.5. The van der Waals surface area contributed by atoms with E-state index in [-0.39, 0.29) is 20.1 Å². The van der Waals surface area contributed by atoms with Crippen LogP contribution in [0.4, 0.5) is 8.78 Å². The molecule has 0 unspecified atom stereocenters. The third kappa shape index (κ3) is 3.52. The summed E-state index contributed by atoms with van der Waals surface area (Å²) >= 11 is 0.923. The number of imidazole rings is 1. The van der Waals surface area contributed by atoms with Gasteiger partial charge in [-0.05, 0) is 36.4 Å². The summed E-state index contributed by atoms with van der Waals surface area (Å²) in [7, 11) is -8.25. The van der Waals surface area contributed by atoms with Crippen LogP contribution < -0.4 is 0 Å². The second kappa shape index (κ2) is 8.11. The Morgan fingerprint density at radius 1 is 0.912 bits per heavy atom. The second-order valence-electron chi connectivity index (χ2n) is 7.06. The predicted molar refractivity (Wildman–Crippen MR) is 122 cm³/mol. The molecule has 0 N–H and O–H groups in total. The average molecular weight is 521 g/mol. The maximum absolute atomic E-state index is 14.0. The summed E-state index contributed by atoms with van der Waals surface area (Å²) in [4.78, 5) is 8.11. The fourth-order valence-electron chi connectivity index (χ4n) is 3.51. The Labute approximate surface area is 196 Å². The molecule has 4 aromatic heterocycles. The van der Waals surface area contributed by atoms with E-state index in [1.165, 1.54) is 61.1 Å². The van der Waals surface area contributed by atoms with E-state index in [0.29, 0.717) is 14.4 Å². The van der Waals surface area contributed by atoms with Crippen LogP contribution in [-0.4, -0.2) is 34.7 Å². The van der Waals surface area contributed by atoms with Crippen molar-refractivity contribution >= 4 is 42.4 Å². The molecule has 0 saturated heterocycles. The number of nitrogens with zero attached hydrogens (tertiary/aromatic N) is 4. The maximum Gasteiger partial charge on any atom is 0.279 e. The van der Waals surface area contributed by atoms with Crippen molar-refractivity contribution in [3.63, 3.8) is 0 Å². The van der Waals surface area contributed by atoms with Gasteiger partial charge in [-0.1, -0.05) is 18.2 Å². The van der Waals surface area contributed by atoms with Gasteiger partial charge in [0.1, 0.15) is 16.2 Å². The van der Waals surface area contributed by atoms with Gasteiger partial charge >= 0.3 is 0 Å². The van der Waals surface area contributed by atoms with Crippen molar-refractivity contribution in [2.75, 3.05) is 0 Å². The number of benzene rings is 1. The average Bonchev–Trinajstić information content (AvgIpc) is 3.59. The van der Waals surface area contributed by atoms with Crippen molar-refractivity contribution in [2.45, 2.75) is 15.5 Å². The molecule has 174 valence electrons. The van der Waals surface area contributed by atoms with Gasteiger partial charge in [-0.2, -0.15) is 8.42 Å². The van der Waals surface area contributed by atoms with Crippen LogP contribution in [0.25, 0.3) is 21.5 Å². The number of rotatable bonds is 6. The van der Waals surface area contributed by atoms with Crippen molar-refractivity contribution in [1.82, 2.24) is 17.9 Å². The van der Waals surface area contributed by atoms with Gasteiger partial charge in [-0.25, -0.2) is 35.1 Å². The van der Waals surface area contributed by atoms with E-state index < -0.39 is 32.2 Å². The fourth-order valence-corrected chi connectivity index (χ4v) is 7.57. The van der Waals surface area contributed by atoms with E-state index in [4.69, 9.17) is 0 Å². The number of hydrogen-bond donors (Lipinski definition) is 0. The highest BCUT2D eigenvalue weighted by molar-refractivity contribution is 7.92. The molecule has 0 aliphatic rings. The highest BCUT2D eigenvalue weighted by Gasteiger charge is 2.29. The standard InChI is InChI=1S/C21H14F2N4O4S3/c22-20(23)17-12-16-15(18-6-7-19(32-18)34(30,31)26-11-10-24-13-26)8-9-25-21(16)27(17)33(28,29)14-4-2-1-3-5-14/h1-13,20H. The van der Waals surface area contributed by atoms with Gasteiger partial charge in [0.15, 0.2) is 5.65 Å². The zero-order valence-corrected chi connectivity index (χ0v) is 19.4. The van der Waals surface area contributed by atoms with E-state index in [9.17, 15) is 25.6 Å². The number of fused-ring (bicyclic) bond motifs is 1. The highest BCUT2D eigenvalue weighted by atomic mass is 32.2. The first kappa shape index (κ1) is 22.4. The number of hydrogen-bond acceptors (Lipinski definition) is 7. The maximum atomic E-state index is 14.0. The van der Waals surface area contributed by atoms with Crippen LogP contribution in [0, 0.1) is 0 Å². The lowest BCUT2D eigenvalue weighted by molar-refractivity contribution is 0.145. The van der Waals surface area contributed by atoms with Gasteiger partial charge in [-0.3, -0.25) is 0 Å². The normalized spacial score (nSPS) is 12.6. The molecule has 34 heavy (non-hydrogen) atoms. The fraction of sp³-hybridized carbons (Fsp3) is 0.0476. The van der Waals surface area contributed by atoms with Crippen molar-refractivity contribution < 1.29 is 25.6 Å². The Morgan fingerprint density at radius 2 is 1.68 bits per heavy atom. The van der Waals surface area contributed by atoms with Crippen LogP contribution in [0.5, 0.6) is 0 Å². The predicted octanol–water partition coefficient (Wildman–Crippen LogP) is 4.37. The summed E-state index contributed by atoms with van der Waals surface area (Å²) in [5.74, 6) is 0. The minimum absolute atomic E-state index is 0.0101. The van der Waals surface area contributed by atoms with Gasteiger partial charge in [0.05, 0.1) is 4.90 Å². The molecule has 5 aromatic rings. The molecule has 0 fully saturated rings. The van der Waals surface area contributed by atoms with Gasteiger partial charge < -0.3 is 0 Å². The Kier molecular flexibility index (Phi) is 5.34. The molecule has 0 amide bonds. The molecular weight excluding hydrogens is 506 g/mol. The Morgan fingerprint density at radius 3 is 2.35 bits per heavy atom. The number of alkyl halides is 2. The van der Waals surface area contributed by atoms with Gasteiger partial charge in [0.2, 0.25) is 0 Å². The van der Waals surface area contributed by atoms with Crippen molar-refractivity contribution in [1.29, 1.82) is 0 Å². The van der Waals surface area contributed by atoms with E-state index in [1.54, 1.807) is 6.07 Å². The molecule has 4 heterocycles. The molecule has 0 bridgehead atoms. The molecule has 13 heteroatoms. The van der Waals surface area contributed by atoms with Gasteiger partial charge in [0, 0.05) is 34.4 Å². The number of aromatic nitrogens is 4. The zero-order chi connectivity index (χ0) is 24.1. The summed E-state index contributed by atoms with van der Waals surface area (Å²) in [6, 6.07) is 12.8. The summed E-state index contributed by atoms with van der Waals surface area (Å²) in [5.41, 5.74) is -0.531. The van der Waals surface area contributed by atoms with Crippen LogP contribution in [0.3, 0.4) is 0 Å². The molecule has 0 spiro atoms. The smallest absolute Gasteiger partial charge is 0.244 e. The SMILES string of the molecule is O=S(=O)(c1ccc(-c2ccnc3c2cc(C(F)F)n3S(=O)(=O)c2ccccc2)s1)n1ccnc1. The van der Waals surface area contributed by atoms with Crippen LogP contribution in [0.15, 0.2) is 88.6 Å². The molecule has 0 radical (unpaired) electrons. The summed E-state index contributed by atoms with van der Waals surface area (Å²) in [6.45, 7) is 0. The second-order valence-corrected chi connectivity index (χ2v) is 12.0. The first-order valence-electron chi connectivity index (χ1n) is 9.64. The van der Waals surface area contributed by atoms with Crippen molar-refractivity contribution in [3.05, 3.63) is 85.2 Å². The minimum atomic E-state index is -4.37. The zero-order valence-electron chi connectivity index (χ0n) is 17.0. The van der Waals surface area contributed by atoms with Gasteiger partial charge in [-0.15, -0.1) is 11.3 Å². The number of halogens is 2. The largest absolute Gasteiger partial charge is 0.279 e. The number of pyridine rings is 1.